The minimum Gasteiger partial charge on any atom is -0.495 e. The van der Waals surface area contributed by atoms with Crippen molar-refractivity contribution in [2.24, 2.45) is 0 Å². The second-order valence-corrected chi connectivity index (χ2v) is 4.73. The Kier molecular flexibility index (Phi) is 6.68. The average molecular weight is 294 g/mol. The lowest BCUT2D eigenvalue weighted by Gasteiger charge is -2.25. The van der Waals surface area contributed by atoms with Crippen molar-refractivity contribution in [3.63, 3.8) is 0 Å². The van der Waals surface area contributed by atoms with Gasteiger partial charge in [0, 0.05) is 0 Å². The first-order valence-electron chi connectivity index (χ1n) is 6.89. The summed E-state index contributed by atoms with van der Waals surface area (Å²) in [5.41, 5.74) is 0.574. The molecule has 1 atom stereocenters. The molecule has 0 aliphatic heterocycles. The minimum atomic E-state index is -0.937. The molecule has 1 rings (SSSR count). The molecule has 0 spiro atoms. The fourth-order valence-electron chi connectivity index (χ4n) is 1.98. The maximum atomic E-state index is 12.1. The van der Waals surface area contributed by atoms with Crippen LogP contribution in [0.2, 0.25) is 0 Å². The van der Waals surface area contributed by atoms with Gasteiger partial charge in [-0.3, -0.25) is 14.5 Å². The van der Waals surface area contributed by atoms with Gasteiger partial charge in [0.1, 0.15) is 11.8 Å². The number of para-hydroxylation sites is 2. The second kappa shape index (κ2) is 8.26. The summed E-state index contributed by atoms with van der Waals surface area (Å²) in [6.07, 6.45) is 0.777. The Morgan fingerprint density at radius 1 is 1.38 bits per heavy atom. The Morgan fingerprint density at radius 3 is 2.62 bits per heavy atom. The Bertz CT molecular complexity index is 490. The smallest absolute Gasteiger partial charge is 0.320 e. The third kappa shape index (κ3) is 5.07. The number of anilines is 1. The van der Waals surface area contributed by atoms with Crippen molar-refractivity contribution in [1.29, 1.82) is 0 Å². The first-order valence-corrected chi connectivity index (χ1v) is 6.89. The molecule has 0 radical (unpaired) electrons. The highest BCUT2D eigenvalue weighted by molar-refractivity contribution is 5.94. The van der Waals surface area contributed by atoms with Gasteiger partial charge in [-0.1, -0.05) is 19.1 Å². The maximum Gasteiger partial charge on any atom is 0.320 e. The second-order valence-electron chi connectivity index (χ2n) is 4.73. The Hall–Kier alpha value is -2.08. The average Bonchev–Trinajstić information content (AvgIpc) is 2.46. The molecule has 1 aromatic carbocycles. The molecule has 2 N–H and O–H groups in total. The minimum absolute atomic E-state index is 0.0271. The molecule has 116 valence electrons. The lowest BCUT2D eigenvalue weighted by atomic mass is 10.2. The molecule has 1 unspecified atom stereocenters. The van der Waals surface area contributed by atoms with E-state index < -0.39 is 12.0 Å². The number of nitrogens with one attached hydrogen (secondary N) is 1. The van der Waals surface area contributed by atoms with Crippen LogP contribution in [-0.4, -0.2) is 48.1 Å². The molecule has 6 nitrogen and oxygen atoms in total. The van der Waals surface area contributed by atoms with Crippen LogP contribution in [0.4, 0.5) is 5.69 Å². The van der Waals surface area contributed by atoms with Gasteiger partial charge in [0.15, 0.2) is 0 Å². The molecular formula is C15H22N2O4. The van der Waals surface area contributed by atoms with Crippen molar-refractivity contribution in [2.45, 2.75) is 26.3 Å². The summed E-state index contributed by atoms with van der Waals surface area (Å²) in [4.78, 5) is 24.8. The molecule has 6 heteroatoms. The molecule has 1 amide bonds. The Labute approximate surface area is 124 Å². The number of rotatable bonds is 8. The first kappa shape index (κ1) is 17.0. The molecule has 0 aliphatic carbocycles. The van der Waals surface area contributed by atoms with Crippen LogP contribution in [0.15, 0.2) is 24.3 Å². The molecular weight excluding hydrogens is 272 g/mol. The Morgan fingerprint density at radius 2 is 2.05 bits per heavy atom. The van der Waals surface area contributed by atoms with Crippen molar-refractivity contribution in [3.05, 3.63) is 24.3 Å². The topological polar surface area (TPSA) is 78.9 Å². The molecule has 21 heavy (non-hydrogen) atoms. The van der Waals surface area contributed by atoms with E-state index in [0.29, 0.717) is 18.0 Å². The van der Waals surface area contributed by atoms with Gasteiger partial charge in [-0.2, -0.15) is 0 Å². The summed E-state index contributed by atoms with van der Waals surface area (Å²) >= 11 is 0. The van der Waals surface area contributed by atoms with Gasteiger partial charge in [-0.15, -0.1) is 0 Å². The standard InChI is InChI=1S/C15H22N2O4/c1-4-9-17(11(2)15(19)20)10-14(18)16-12-7-5-6-8-13(12)21-3/h5-8,11H,4,9-10H2,1-3H3,(H,16,18)(H,19,20). The molecule has 0 saturated heterocycles. The number of amides is 1. The lowest BCUT2D eigenvalue weighted by molar-refractivity contribution is -0.143. The predicted molar refractivity (Wildman–Crippen MR) is 80.6 cm³/mol. The number of carbonyl (C=O) groups is 2. The fraction of sp³-hybridized carbons (Fsp3) is 0.467. The van der Waals surface area contributed by atoms with E-state index >= 15 is 0 Å². The van der Waals surface area contributed by atoms with E-state index in [1.807, 2.05) is 13.0 Å². The highest BCUT2D eigenvalue weighted by Crippen LogP contribution is 2.22. The van der Waals surface area contributed by atoms with Crippen molar-refractivity contribution in [1.82, 2.24) is 4.90 Å². The Balaban J connectivity index is 2.71. The van der Waals surface area contributed by atoms with E-state index in [1.54, 1.807) is 30.0 Å². The third-order valence-corrected chi connectivity index (χ3v) is 3.14. The fourth-order valence-corrected chi connectivity index (χ4v) is 1.98. The van der Waals surface area contributed by atoms with E-state index in [2.05, 4.69) is 5.32 Å². The first-order chi connectivity index (χ1) is 9.99. The molecule has 0 saturated carbocycles. The monoisotopic (exact) mass is 294 g/mol. The van der Waals surface area contributed by atoms with E-state index in [1.165, 1.54) is 7.11 Å². The summed E-state index contributed by atoms with van der Waals surface area (Å²) < 4.78 is 5.16. The number of aliphatic carboxylic acids is 1. The van der Waals surface area contributed by atoms with Gasteiger partial charge < -0.3 is 15.2 Å². The van der Waals surface area contributed by atoms with Gasteiger partial charge >= 0.3 is 5.97 Å². The number of carbonyl (C=O) groups excluding carboxylic acids is 1. The van der Waals surface area contributed by atoms with Crippen LogP contribution in [0.5, 0.6) is 5.75 Å². The van der Waals surface area contributed by atoms with Crippen molar-refractivity contribution in [2.75, 3.05) is 25.5 Å². The van der Waals surface area contributed by atoms with E-state index in [-0.39, 0.29) is 12.5 Å². The molecule has 0 fully saturated rings. The van der Waals surface area contributed by atoms with Crippen LogP contribution in [0.25, 0.3) is 0 Å². The summed E-state index contributed by atoms with van der Waals surface area (Å²) in [6, 6.07) is 6.39. The summed E-state index contributed by atoms with van der Waals surface area (Å²) in [5, 5.41) is 11.8. The number of benzene rings is 1. The molecule has 1 aromatic rings. The lowest BCUT2D eigenvalue weighted by Crippen LogP contribution is -2.43. The summed E-state index contributed by atoms with van der Waals surface area (Å²) in [7, 11) is 1.53. The molecule has 0 heterocycles. The quantitative estimate of drug-likeness (QED) is 0.764. The van der Waals surface area contributed by atoms with E-state index in [0.717, 1.165) is 6.42 Å². The van der Waals surface area contributed by atoms with Gasteiger partial charge in [-0.25, -0.2) is 0 Å². The number of carboxylic acids is 1. The normalized spacial score (nSPS) is 12.0. The van der Waals surface area contributed by atoms with Gasteiger partial charge in [0.25, 0.3) is 0 Å². The number of nitrogens with zero attached hydrogens (tertiary/aromatic N) is 1. The van der Waals surface area contributed by atoms with Crippen LogP contribution in [0.3, 0.4) is 0 Å². The molecule has 0 aliphatic rings. The number of hydrogen-bond acceptors (Lipinski definition) is 4. The van der Waals surface area contributed by atoms with Crippen LogP contribution >= 0.6 is 0 Å². The van der Waals surface area contributed by atoms with Gasteiger partial charge in [0.05, 0.1) is 19.3 Å². The van der Waals surface area contributed by atoms with Gasteiger partial charge in [0.2, 0.25) is 5.91 Å². The molecule has 0 aromatic heterocycles. The van der Waals surface area contributed by atoms with Crippen LogP contribution in [0.1, 0.15) is 20.3 Å². The zero-order valence-electron chi connectivity index (χ0n) is 12.6. The van der Waals surface area contributed by atoms with Gasteiger partial charge in [-0.05, 0) is 32.0 Å². The van der Waals surface area contributed by atoms with E-state index in [4.69, 9.17) is 9.84 Å². The van der Waals surface area contributed by atoms with Crippen LogP contribution < -0.4 is 10.1 Å². The highest BCUT2D eigenvalue weighted by Gasteiger charge is 2.22. The number of ether oxygens (including phenoxy) is 1. The zero-order chi connectivity index (χ0) is 15.8. The zero-order valence-corrected chi connectivity index (χ0v) is 12.6. The number of methoxy groups -OCH3 is 1. The number of hydrogen-bond donors (Lipinski definition) is 2. The van der Waals surface area contributed by atoms with Crippen molar-refractivity contribution in [3.8, 4) is 5.75 Å². The van der Waals surface area contributed by atoms with Crippen molar-refractivity contribution < 1.29 is 19.4 Å². The molecule has 0 bridgehead atoms. The van der Waals surface area contributed by atoms with Crippen molar-refractivity contribution >= 4 is 17.6 Å². The third-order valence-electron chi connectivity index (χ3n) is 3.14. The predicted octanol–water partition coefficient (Wildman–Crippen LogP) is 1.82. The largest absolute Gasteiger partial charge is 0.495 e. The van der Waals surface area contributed by atoms with E-state index in [9.17, 15) is 9.59 Å². The number of carboxylic acid groups (broad SMARTS) is 1. The highest BCUT2D eigenvalue weighted by atomic mass is 16.5. The maximum absolute atomic E-state index is 12.1. The summed E-state index contributed by atoms with van der Waals surface area (Å²) in [5.74, 6) is -0.631. The van der Waals surface area contributed by atoms with Crippen LogP contribution in [-0.2, 0) is 9.59 Å². The van der Waals surface area contributed by atoms with Crippen LogP contribution in [0, 0.1) is 0 Å². The SMILES string of the molecule is CCCN(CC(=O)Nc1ccccc1OC)C(C)C(=O)O. The summed E-state index contributed by atoms with van der Waals surface area (Å²) in [6.45, 7) is 4.10.